The van der Waals surface area contributed by atoms with Crippen molar-refractivity contribution in [3.63, 3.8) is 0 Å². The van der Waals surface area contributed by atoms with Gasteiger partial charge in [-0.1, -0.05) is 10.4 Å². The molecule has 33 heteroatoms. The first-order valence-electron chi connectivity index (χ1n) is 32.9. The molecule has 3 aromatic heterocycles. The number of esters is 3. The number of aryl methyl sites for hydroxylation is 1. The Hall–Kier alpha value is -10.8. The molecule has 0 saturated carbocycles. The summed E-state index contributed by atoms with van der Waals surface area (Å²) in [4.78, 5) is 120. The molecule has 4 N–H and O–H groups in total. The topological polar surface area (TPSA) is 411 Å². The third kappa shape index (κ3) is 30.1. The van der Waals surface area contributed by atoms with Gasteiger partial charge in [-0.3, -0.25) is 52.6 Å². The zero-order valence-electron chi connectivity index (χ0n) is 57.4. The Morgan fingerprint density at radius 2 is 0.806 bits per heavy atom. The molecule has 2 amide bonds. The molecule has 3 heterocycles. The number of nitrogens with zero attached hydrogens (tertiary/aromatic N) is 8. The van der Waals surface area contributed by atoms with Crippen molar-refractivity contribution in [3.05, 3.63) is 149 Å². The lowest BCUT2D eigenvalue weighted by atomic mass is 10.1. The number of nitrogens with two attached hydrogens (primary N) is 1. The fraction of sp³-hybridized carbons (Fsp3) is 0.414. The quantitative estimate of drug-likeness (QED) is 0.0160. The Morgan fingerprint density at radius 1 is 0.417 bits per heavy atom. The van der Waals surface area contributed by atoms with E-state index in [4.69, 9.17) is 62.6 Å². The zero-order valence-corrected chi connectivity index (χ0v) is 57.4. The van der Waals surface area contributed by atoms with Gasteiger partial charge in [-0.2, -0.15) is 5.10 Å². The molecule has 0 spiro atoms. The summed E-state index contributed by atoms with van der Waals surface area (Å²) in [6.07, 6.45) is 6.32. The van der Waals surface area contributed by atoms with Crippen LogP contribution < -0.4 is 44.8 Å². The summed E-state index contributed by atoms with van der Waals surface area (Å²) in [5.74, 6) is -3.01. The van der Waals surface area contributed by atoms with Crippen molar-refractivity contribution in [2.24, 2.45) is 5.73 Å². The normalized spacial score (nSPS) is 11.0. The van der Waals surface area contributed by atoms with Gasteiger partial charge in [0.15, 0.2) is 23.1 Å². The number of ether oxygens (including phenoxy) is 12. The molecule has 0 unspecified atom stereocenters. The van der Waals surface area contributed by atoms with E-state index in [9.17, 15) is 47.9 Å². The molecular weight excluding hydrogens is 1350 g/mol. The van der Waals surface area contributed by atoms with Crippen LogP contribution in [0.1, 0.15) is 105 Å². The third-order valence-electron chi connectivity index (χ3n) is 14.1. The number of amides is 2. The van der Waals surface area contributed by atoms with Gasteiger partial charge in [0, 0.05) is 59.6 Å². The molecule has 0 radical (unpaired) electrons. The zero-order chi connectivity index (χ0) is 73.6. The van der Waals surface area contributed by atoms with Crippen molar-refractivity contribution in [1.29, 1.82) is 0 Å². The van der Waals surface area contributed by atoms with Crippen LogP contribution in [-0.2, 0) is 96.3 Å². The van der Waals surface area contributed by atoms with Crippen LogP contribution in [0.25, 0.3) is 0 Å². The number of hydrogen-bond acceptors (Lipinski definition) is 28. The SMILES string of the molecule is CC(=O)CC(=O)Oc1ccc(C(=O)CCc2cn(CCOCCOCCOc3c(OCCOCCOCCn4cc(CNC(=O)c5ccc(OC(=O)CC(C)=O)cc5)cn4)cc(C(=O)CN)cc3OCCOCCOCCn3cc(CNC(=O)c4ccc(OC(=O)CC(C)=O)cc4)nn3)nn2)cc1. The minimum atomic E-state index is -0.689. The fourth-order valence-corrected chi connectivity index (χ4v) is 9.10. The van der Waals surface area contributed by atoms with Crippen molar-refractivity contribution < 1.29 is 105 Å². The van der Waals surface area contributed by atoms with Crippen LogP contribution in [0.3, 0.4) is 0 Å². The Kier molecular flexibility index (Phi) is 33.8. The molecule has 550 valence electrons. The lowest BCUT2D eigenvalue weighted by Gasteiger charge is -2.19. The largest absolute Gasteiger partial charge is 0.487 e. The van der Waals surface area contributed by atoms with E-state index in [0.29, 0.717) is 67.3 Å². The average molecular weight is 1430 g/mol. The van der Waals surface area contributed by atoms with E-state index in [1.807, 2.05) is 0 Å². The molecule has 0 aliphatic heterocycles. The Balaban J connectivity index is 0.814. The Bertz CT molecular complexity index is 3740. The standard InChI is InChI=1S/C70H83N11O22/c1-48(82)36-65(87)101-58-11-4-52(5-12-58)61(85)17-10-56-46-80(77-75-56)19-22-93-26-29-97-32-35-100-68-63(98-33-30-95-27-24-92-21-18-79-45-51(43-74-79)42-72-69(90)53-6-13-59(14-7-53)102-66(88)37-49(2)83)39-55(62(86)41-71)40-64(68)99-34-31-96-28-25-94-23-20-81-47-57(76-78-81)44-73-70(91)54-8-15-60(16-9-54)103-67(89)38-50(3)84/h4-9,11-16,39-40,43,45-47H,10,17-38,41-42,44,71H2,1-3H3,(H,72,90)(H,73,91). The predicted octanol–water partition coefficient (Wildman–Crippen LogP) is 3.87. The number of ketones is 5. The molecule has 0 aliphatic rings. The fourth-order valence-electron chi connectivity index (χ4n) is 9.10. The summed E-state index contributed by atoms with van der Waals surface area (Å²) >= 11 is 0. The first kappa shape index (κ1) is 79.5. The Labute approximate surface area is 592 Å². The number of hydrogen-bond donors (Lipinski definition) is 3. The summed E-state index contributed by atoms with van der Waals surface area (Å²) < 4.78 is 73.4. The van der Waals surface area contributed by atoms with E-state index in [0.717, 1.165) is 5.56 Å². The van der Waals surface area contributed by atoms with E-state index in [-0.39, 0.29) is 212 Å². The minimum absolute atomic E-state index is 0.0391. The molecule has 103 heavy (non-hydrogen) atoms. The van der Waals surface area contributed by atoms with Crippen LogP contribution in [0.4, 0.5) is 0 Å². The maximum Gasteiger partial charge on any atom is 0.318 e. The van der Waals surface area contributed by atoms with Crippen LogP contribution in [0.5, 0.6) is 34.5 Å². The molecule has 33 nitrogen and oxygen atoms in total. The highest BCUT2D eigenvalue weighted by atomic mass is 16.6. The van der Waals surface area contributed by atoms with E-state index >= 15 is 0 Å². The van der Waals surface area contributed by atoms with Gasteiger partial charge in [-0.25, -0.2) is 9.36 Å². The summed E-state index contributed by atoms with van der Waals surface area (Å²) in [7, 11) is 0. The summed E-state index contributed by atoms with van der Waals surface area (Å²) in [6, 6.07) is 21.0. The number of nitrogens with one attached hydrogen (secondary N) is 2. The molecular formula is C70H83N11O22. The molecule has 0 fully saturated rings. The monoisotopic (exact) mass is 1430 g/mol. The van der Waals surface area contributed by atoms with Gasteiger partial charge in [-0.15, -0.1) is 10.2 Å². The second-order valence-electron chi connectivity index (χ2n) is 22.6. The second kappa shape index (κ2) is 43.8. The van der Waals surface area contributed by atoms with Crippen molar-refractivity contribution >= 4 is 58.6 Å². The third-order valence-corrected chi connectivity index (χ3v) is 14.1. The van der Waals surface area contributed by atoms with E-state index in [2.05, 4.69) is 36.4 Å². The molecule has 0 saturated heterocycles. The van der Waals surface area contributed by atoms with Crippen molar-refractivity contribution in [3.8, 4) is 34.5 Å². The molecule has 0 atom stereocenters. The van der Waals surface area contributed by atoms with Gasteiger partial charge in [0.1, 0.15) is 79.4 Å². The van der Waals surface area contributed by atoms with E-state index in [1.54, 1.807) is 51.0 Å². The highest BCUT2D eigenvalue weighted by molar-refractivity contribution is 6.00. The molecule has 7 rings (SSSR count). The predicted molar refractivity (Wildman–Crippen MR) is 361 cm³/mol. The summed E-state index contributed by atoms with van der Waals surface area (Å²) in [6.45, 7) is 7.94. The van der Waals surface area contributed by atoms with Crippen LogP contribution in [0, 0.1) is 0 Å². The van der Waals surface area contributed by atoms with Crippen molar-refractivity contribution in [2.75, 3.05) is 106 Å². The first-order valence-corrected chi connectivity index (χ1v) is 32.9. The maximum absolute atomic E-state index is 13.1. The maximum atomic E-state index is 13.1. The van der Waals surface area contributed by atoms with Crippen molar-refractivity contribution in [2.45, 2.75) is 85.6 Å². The molecule has 0 bridgehead atoms. The van der Waals surface area contributed by atoms with Crippen LogP contribution in [-0.4, -0.2) is 204 Å². The highest BCUT2D eigenvalue weighted by Gasteiger charge is 2.21. The second-order valence-corrected chi connectivity index (χ2v) is 22.6. The number of carbonyl (C=O) groups is 10. The van der Waals surface area contributed by atoms with Gasteiger partial charge >= 0.3 is 17.9 Å². The summed E-state index contributed by atoms with van der Waals surface area (Å²) in [5.41, 5.74) is 9.02. The van der Waals surface area contributed by atoms with Gasteiger partial charge in [0.25, 0.3) is 11.8 Å². The lowest BCUT2D eigenvalue weighted by molar-refractivity contribution is -0.139. The smallest absolute Gasteiger partial charge is 0.318 e. The number of aromatic nitrogens is 8. The molecule has 4 aromatic carbocycles. The van der Waals surface area contributed by atoms with Crippen LogP contribution >= 0.6 is 0 Å². The average Bonchev–Trinajstić information content (AvgIpc) is 1.17. The van der Waals surface area contributed by atoms with Gasteiger partial charge in [0.2, 0.25) is 5.75 Å². The van der Waals surface area contributed by atoms with Gasteiger partial charge < -0.3 is 73.2 Å². The number of benzene rings is 4. The first-order chi connectivity index (χ1) is 49.8. The number of carbonyl (C=O) groups excluding carboxylic acids is 10. The number of rotatable bonds is 51. The highest BCUT2D eigenvalue weighted by Crippen LogP contribution is 2.39. The minimum Gasteiger partial charge on any atom is -0.487 e. The van der Waals surface area contributed by atoms with Crippen LogP contribution in [0.2, 0.25) is 0 Å². The van der Waals surface area contributed by atoms with Crippen LogP contribution in [0.15, 0.2) is 110 Å². The summed E-state index contributed by atoms with van der Waals surface area (Å²) in [5, 5.41) is 26.4. The van der Waals surface area contributed by atoms with Gasteiger partial charge in [-0.05, 0) is 106 Å². The van der Waals surface area contributed by atoms with E-state index in [1.165, 1.54) is 93.6 Å². The number of Topliss-reactive ketones (excluding diaryl/α,β-unsaturated/α-hetero) is 5. The molecule has 7 aromatic rings. The Morgan fingerprint density at radius 3 is 1.25 bits per heavy atom. The lowest BCUT2D eigenvalue weighted by Crippen LogP contribution is -2.23. The van der Waals surface area contributed by atoms with Crippen molar-refractivity contribution in [1.82, 2.24) is 50.4 Å². The molecule has 0 aliphatic carbocycles. The van der Waals surface area contributed by atoms with E-state index < -0.39 is 17.9 Å². The van der Waals surface area contributed by atoms with Gasteiger partial charge in [0.05, 0.1) is 130 Å².